The van der Waals surface area contributed by atoms with Gasteiger partial charge in [0.1, 0.15) is 5.76 Å². The lowest BCUT2D eigenvalue weighted by atomic mass is 9.96. The average molecular weight is 331 g/mol. The fourth-order valence-electron chi connectivity index (χ4n) is 3.80. The molecule has 0 N–H and O–H groups in total. The predicted molar refractivity (Wildman–Crippen MR) is 87.7 cm³/mol. The number of piperidine rings is 1. The van der Waals surface area contributed by atoms with E-state index in [1.54, 1.807) is 0 Å². The number of hydrogen-bond acceptors (Lipinski definition) is 4. The Hall–Kier alpha value is -1.85. The Morgan fingerprint density at radius 3 is 2.29 bits per heavy atom. The van der Waals surface area contributed by atoms with Crippen molar-refractivity contribution >= 4 is 11.8 Å². The van der Waals surface area contributed by atoms with Gasteiger partial charge in [-0.15, -0.1) is 0 Å². The smallest absolute Gasteiger partial charge is 0.276 e. The molecule has 0 aromatic carbocycles. The summed E-state index contributed by atoms with van der Waals surface area (Å²) < 4.78 is 5.83. The van der Waals surface area contributed by atoms with Crippen molar-refractivity contribution < 1.29 is 14.0 Å². The molecule has 0 spiro atoms. The Morgan fingerprint density at radius 1 is 1.00 bits per heavy atom. The number of likely N-dealkylation sites (tertiary alicyclic amines) is 2. The fraction of sp³-hybridized carbons (Fsp3) is 0.722. The minimum atomic E-state index is 0.00125. The van der Waals surface area contributed by atoms with E-state index in [4.69, 9.17) is 4.42 Å². The molecular formula is C18H25N3O3. The van der Waals surface area contributed by atoms with Gasteiger partial charge in [-0.25, -0.2) is 4.98 Å². The maximum atomic E-state index is 12.5. The van der Waals surface area contributed by atoms with Gasteiger partial charge >= 0.3 is 0 Å². The summed E-state index contributed by atoms with van der Waals surface area (Å²) in [6.45, 7) is 5.02. The second-order valence-corrected chi connectivity index (χ2v) is 7.33. The molecule has 1 aliphatic carbocycles. The second kappa shape index (κ2) is 6.22. The van der Waals surface area contributed by atoms with Crippen LogP contribution in [0.2, 0.25) is 0 Å². The highest BCUT2D eigenvalue weighted by molar-refractivity contribution is 5.93. The first-order valence-electron chi connectivity index (χ1n) is 9.19. The molecule has 6 nitrogen and oxygen atoms in total. The standard InChI is InChI=1S/C18H25N3O3/c1-12-15(18(23)20-8-2-3-9-20)19-16(24-12)13-6-10-21(11-7-13)17(22)14-4-5-14/h13-14H,2-11H2,1H3. The maximum absolute atomic E-state index is 12.5. The SMILES string of the molecule is Cc1oc(C2CCN(C(=O)C3CC3)CC2)nc1C(=O)N1CCCC1. The van der Waals surface area contributed by atoms with Gasteiger partial charge in [0.25, 0.3) is 5.91 Å². The second-order valence-electron chi connectivity index (χ2n) is 7.33. The minimum absolute atomic E-state index is 0.00125. The number of amides is 2. The number of aromatic nitrogens is 1. The molecule has 4 rings (SSSR count). The maximum Gasteiger partial charge on any atom is 0.276 e. The molecule has 3 heterocycles. The van der Waals surface area contributed by atoms with Gasteiger partial charge in [-0.2, -0.15) is 0 Å². The highest BCUT2D eigenvalue weighted by atomic mass is 16.4. The number of nitrogens with zero attached hydrogens (tertiary/aromatic N) is 3. The number of oxazole rings is 1. The summed E-state index contributed by atoms with van der Waals surface area (Å²) in [5, 5.41) is 0. The van der Waals surface area contributed by atoms with E-state index in [0.717, 1.165) is 64.7 Å². The predicted octanol–water partition coefficient (Wildman–Crippen LogP) is 2.34. The number of carbonyl (C=O) groups excluding carboxylic acids is 2. The Bertz CT molecular complexity index is 636. The highest BCUT2D eigenvalue weighted by Crippen LogP contribution is 2.34. The van der Waals surface area contributed by atoms with Crippen LogP contribution in [0, 0.1) is 12.8 Å². The van der Waals surface area contributed by atoms with Crippen molar-refractivity contribution in [3.8, 4) is 0 Å². The molecule has 2 saturated heterocycles. The summed E-state index contributed by atoms with van der Waals surface area (Å²) in [6, 6.07) is 0. The Kier molecular flexibility index (Phi) is 4.06. The van der Waals surface area contributed by atoms with Crippen LogP contribution in [0.1, 0.15) is 66.6 Å². The average Bonchev–Trinajstić information content (AvgIpc) is 3.16. The van der Waals surface area contributed by atoms with Crippen molar-refractivity contribution in [3.05, 3.63) is 17.3 Å². The third-order valence-corrected chi connectivity index (χ3v) is 5.49. The molecule has 1 saturated carbocycles. The van der Waals surface area contributed by atoms with E-state index < -0.39 is 0 Å². The van der Waals surface area contributed by atoms with Gasteiger partial charge in [0.15, 0.2) is 11.6 Å². The van der Waals surface area contributed by atoms with Crippen LogP contribution in [-0.4, -0.2) is 52.8 Å². The van der Waals surface area contributed by atoms with Gasteiger partial charge in [-0.05, 0) is 45.4 Å². The quantitative estimate of drug-likeness (QED) is 0.852. The third-order valence-electron chi connectivity index (χ3n) is 5.49. The summed E-state index contributed by atoms with van der Waals surface area (Å²) >= 11 is 0. The van der Waals surface area contributed by atoms with Crippen molar-refractivity contribution in [1.82, 2.24) is 14.8 Å². The summed E-state index contributed by atoms with van der Waals surface area (Å²) in [4.78, 5) is 33.1. The van der Waals surface area contributed by atoms with Crippen LogP contribution in [0.3, 0.4) is 0 Å². The number of rotatable bonds is 3. The summed E-state index contributed by atoms with van der Waals surface area (Å²) in [5.74, 6) is 2.12. The lowest BCUT2D eigenvalue weighted by molar-refractivity contribution is -0.133. The van der Waals surface area contributed by atoms with E-state index in [1.807, 2.05) is 16.7 Å². The van der Waals surface area contributed by atoms with Crippen LogP contribution >= 0.6 is 0 Å². The first-order chi connectivity index (χ1) is 11.6. The number of aryl methyl sites for hydroxylation is 1. The van der Waals surface area contributed by atoms with Crippen LogP contribution in [0.4, 0.5) is 0 Å². The first-order valence-corrected chi connectivity index (χ1v) is 9.19. The van der Waals surface area contributed by atoms with Crippen molar-refractivity contribution in [2.24, 2.45) is 5.92 Å². The van der Waals surface area contributed by atoms with Gasteiger partial charge in [-0.1, -0.05) is 0 Å². The van der Waals surface area contributed by atoms with Crippen LogP contribution in [0.5, 0.6) is 0 Å². The monoisotopic (exact) mass is 331 g/mol. The molecule has 2 aliphatic heterocycles. The minimum Gasteiger partial charge on any atom is -0.445 e. The van der Waals surface area contributed by atoms with Crippen LogP contribution in [0.15, 0.2) is 4.42 Å². The van der Waals surface area contributed by atoms with Gasteiger partial charge in [0, 0.05) is 38.0 Å². The molecule has 0 unspecified atom stereocenters. The third kappa shape index (κ3) is 2.94. The van der Waals surface area contributed by atoms with Gasteiger partial charge < -0.3 is 14.2 Å². The molecule has 1 aromatic rings. The lowest BCUT2D eigenvalue weighted by Crippen LogP contribution is -2.38. The van der Waals surface area contributed by atoms with E-state index in [2.05, 4.69) is 4.98 Å². The Morgan fingerprint density at radius 2 is 1.67 bits per heavy atom. The van der Waals surface area contributed by atoms with E-state index in [9.17, 15) is 9.59 Å². The Labute approximate surface area is 142 Å². The molecule has 0 bridgehead atoms. The fourth-order valence-corrected chi connectivity index (χ4v) is 3.80. The summed E-state index contributed by atoms with van der Waals surface area (Å²) in [6.07, 6.45) is 6.00. The van der Waals surface area contributed by atoms with E-state index in [-0.39, 0.29) is 17.7 Å². The van der Waals surface area contributed by atoms with Gasteiger partial charge in [0.2, 0.25) is 5.91 Å². The van der Waals surface area contributed by atoms with Crippen molar-refractivity contribution in [2.75, 3.05) is 26.2 Å². The zero-order valence-electron chi connectivity index (χ0n) is 14.3. The van der Waals surface area contributed by atoms with Crippen LogP contribution in [0.25, 0.3) is 0 Å². The zero-order chi connectivity index (χ0) is 16.7. The molecule has 0 radical (unpaired) electrons. The normalized spacial score (nSPS) is 22.2. The van der Waals surface area contributed by atoms with Crippen molar-refractivity contribution in [3.63, 3.8) is 0 Å². The molecule has 3 fully saturated rings. The van der Waals surface area contributed by atoms with E-state index >= 15 is 0 Å². The first kappa shape index (κ1) is 15.7. The molecule has 0 atom stereocenters. The number of carbonyl (C=O) groups is 2. The molecule has 3 aliphatic rings. The topological polar surface area (TPSA) is 66.7 Å². The summed E-state index contributed by atoms with van der Waals surface area (Å²) in [7, 11) is 0. The van der Waals surface area contributed by atoms with Crippen LogP contribution in [-0.2, 0) is 4.79 Å². The molecule has 24 heavy (non-hydrogen) atoms. The highest BCUT2D eigenvalue weighted by Gasteiger charge is 2.36. The molecule has 130 valence electrons. The molecule has 1 aromatic heterocycles. The summed E-state index contributed by atoms with van der Waals surface area (Å²) in [5.41, 5.74) is 0.475. The lowest BCUT2D eigenvalue weighted by Gasteiger charge is -2.30. The van der Waals surface area contributed by atoms with Crippen molar-refractivity contribution in [1.29, 1.82) is 0 Å². The van der Waals surface area contributed by atoms with Crippen molar-refractivity contribution in [2.45, 2.75) is 51.4 Å². The number of hydrogen-bond donors (Lipinski definition) is 0. The molecule has 6 heteroatoms. The van der Waals surface area contributed by atoms with E-state index in [0.29, 0.717) is 23.3 Å². The van der Waals surface area contributed by atoms with E-state index in [1.165, 1.54) is 0 Å². The zero-order valence-corrected chi connectivity index (χ0v) is 14.3. The molecule has 2 amide bonds. The molecular weight excluding hydrogens is 306 g/mol. The Balaban J connectivity index is 1.41. The van der Waals surface area contributed by atoms with Gasteiger partial charge in [0.05, 0.1) is 0 Å². The van der Waals surface area contributed by atoms with Crippen LogP contribution < -0.4 is 0 Å². The van der Waals surface area contributed by atoms with Gasteiger partial charge in [-0.3, -0.25) is 9.59 Å². The largest absolute Gasteiger partial charge is 0.445 e.